The minimum atomic E-state index is -4.06. The van der Waals surface area contributed by atoms with Gasteiger partial charge in [-0.2, -0.15) is 0 Å². The monoisotopic (exact) mass is 489 g/mol. The molecule has 0 atom stereocenters. The van der Waals surface area contributed by atoms with Gasteiger partial charge in [0.1, 0.15) is 5.82 Å². The highest BCUT2D eigenvalue weighted by Gasteiger charge is 2.18. The lowest BCUT2D eigenvalue weighted by Gasteiger charge is -2.12. The number of para-hydroxylation sites is 1. The summed E-state index contributed by atoms with van der Waals surface area (Å²) in [6, 6.07) is 15.0. The zero-order valence-corrected chi connectivity index (χ0v) is 19.1. The predicted octanol–water partition coefficient (Wildman–Crippen LogP) is 4.67. The minimum Gasteiger partial charge on any atom is -0.352 e. The third-order valence-corrected chi connectivity index (χ3v) is 6.17. The minimum absolute atomic E-state index is 0.148. The Morgan fingerprint density at radius 1 is 0.939 bits per heavy atom. The Hall–Kier alpha value is -3.43. The SMILES string of the molecule is CCCNC(=O)c1ccc(Cl)cc1NC(=O)c1ccc(S(=O)(=O)Nc2ccccc2F)cc1. The smallest absolute Gasteiger partial charge is 0.261 e. The molecule has 0 aliphatic carbocycles. The van der Waals surface area contributed by atoms with Gasteiger partial charge in [0.05, 0.1) is 21.8 Å². The van der Waals surface area contributed by atoms with Crippen molar-refractivity contribution in [1.82, 2.24) is 5.32 Å². The summed E-state index contributed by atoms with van der Waals surface area (Å²) in [6.07, 6.45) is 0.752. The van der Waals surface area contributed by atoms with Gasteiger partial charge in [-0.3, -0.25) is 14.3 Å². The highest BCUT2D eigenvalue weighted by atomic mass is 35.5. The van der Waals surface area contributed by atoms with Crippen LogP contribution in [0, 0.1) is 5.82 Å². The van der Waals surface area contributed by atoms with Crippen LogP contribution in [-0.2, 0) is 10.0 Å². The van der Waals surface area contributed by atoms with Crippen LogP contribution in [0.2, 0.25) is 5.02 Å². The van der Waals surface area contributed by atoms with Crippen molar-refractivity contribution in [3.63, 3.8) is 0 Å². The molecule has 0 aliphatic heterocycles. The number of carbonyl (C=O) groups excluding carboxylic acids is 2. The van der Waals surface area contributed by atoms with Gasteiger partial charge in [0, 0.05) is 17.1 Å². The molecule has 0 fully saturated rings. The van der Waals surface area contributed by atoms with Crippen molar-refractivity contribution in [3.8, 4) is 0 Å². The van der Waals surface area contributed by atoms with Gasteiger partial charge in [0.2, 0.25) is 0 Å². The largest absolute Gasteiger partial charge is 0.352 e. The molecule has 0 saturated heterocycles. The van der Waals surface area contributed by atoms with Crippen LogP contribution in [0.4, 0.5) is 15.8 Å². The van der Waals surface area contributed by atoms with Crippen LogP contribution < -0.4 is 15.4 Å². The predicted molar refractivity (Wildman–Crippen MR) is 126 cm³/mol. The van der Waals surface area contributed by atoms with E-state index < -0.39 is 21.7 Å². The quantitative estimate of drug-likeness (QED) is 0.427. The second-order valence-electron chi connectivity index (χ2n) is 7.01. The molecule has 0 radical (unpaired) electrons. The molecule has 3 N–H and O–H groups in total. The van der Waals surface area contributed by atoms with E-state index in [1.165, 1.54) is 54.6 Å². The Bertz CT molecular complexity index is 1280. The van der Waals surface area contributed by atoms with Crippen LogP contribution in [0.15, 0.2) is 71.6 Å². The zero-order chi connectivity index (χ0) is 24.0. The molecule has 0 aromatic heterocycles. The molecule has 0 aliphatic rings. The van der Waals surface area contributed by atoms with Crippen molar-refractivity contribution in [2.45, 2.75) is 18.2 Å². The molecule has 10 heteroatoms. The number of hydrogen-bond donors (Lipinski definition) is 3. The van der Waals surface area contributed by atoms with E-state index in [1.54, 1.807) is 6.07 Å². The summed E-state index contributed by atoms with van der Waals surface area (Å²) in [5.74, 6) is -1.63. The molecule has 0 bridgehead atoms. The van der Waals surface area contributed by atoms with Gasteiger partial charge in [0.25, 0.3) is 21.8 Å². The maximum atomic E-state index is 13.8. The topological polar surface area (TPSA) is 104 Å². The molecule has 2 amide bonds. The number of benzene rings is 3. The van der Waals surface area contributed by atoms with Crippen molar-refractivity contribution >= 4 is 44.8 Å². The number of amides is 2. The van der Waals surface area contributed by atoms with Crippen LogP contribution in [0.3, 0.4) is 0 Å². The van der Waals surface area contributed by atoms with Gasteiger partial charge in [-0.15, -0.1) is 0 Å². The number of carbonyl (C=O) groups is 2. The Morgan fingerprint density at radius 3 is 2.30 bits per heavy atom. The maximum Gasteiger partial charge on any atom is 0.261 e. The number of rotatable bonds is 8. The summed E-state index contributed by atoms with van der Waals surface area (Å²) in [7, 11) is -4.06. The molecule has 3 rings (SSSR count). The van der Waals surface area contributed by atoms with Crippen LogP contribution >= 0.6 is 11.6 Å². The average Bonchev–Trinajstić information content (AvgIpc) is 2.79. The molecule has 0 saturated carbocycles. The van der Waals surface area contributed by atoms with E-state index in [1.807, 2.05) is 6.92 Å². The molecule has 0 heterocycles. The molecule has 3 aromatic carbocycles. The van der Waals surface area contributed by atoms with Gasteiger partial charge >= 0.3 is 0 Å². The van der Waals surface area contributed by atoms with Crippen molar-refractivity contribution in [3.05, 3.63) is 88.7 Å². The first-order valence-electron chi connectivity index (χ1n) is 9.98. The van der Waals surface area contributed by atoms with Crippen molar-refractivity contribution in [1.29, 1.82) is 0 Å². The Kier molecular flexibility index (Phi) is 7.67. The second-order valence-corrected chi connectivity index (χ2v) is 9.13. The summed E-state index contributed by atoms with van der Waals surface area (Å²) >= 11 is 6.02. The molecule has 172 valence electrons. The molecule has 3 aromatic rings. The fourth-order valence-corrected chi connectivity index (χ4v) is 4.12. The van der Waals surface area contributed by atoms with E-state index in [4.69, 9.17) is 11.6 Å². The van der Waals surface area contributed by atoms with Crippen LogP contribution in [0.5, 0.6) is 0 Å². The van der Waals surface area contributed by atoms with E-state index >= 15 is 0 Å². The van der Waals surface area contributed by atoms with Crippen molar-refractivity contribution < 1.29 is 22.4 Å². The van der Waals surface area contributed by atoms with Gasteiger partial charge in [-0.05, 0) is 61.0 Å². The Labute approximate surface area is 196 Å². The standard InChI is InChI=1S/C23H21ClFN3O4S/c1-2-13-26-23(30)18-12-9-16(24)14-21(18)27-22(29)15-7-10-17(11-8-15)33(31,32)28-20-6-4-3-5-19(20)25/h3-12,14,28H,2,13H2,1H3,(H,26,30)(H,27,29). The van der Waals surface area contributed by atoms with Crippen LogP contribution in [0.25, 0.3) is 0 Å². The number of sulfonamides is 1. The first-order chi connectivity index (χ1) is 15.7. The zero-order valence-electron chi connectivity index (χ0n) is 17.6. The number of hydrogen-bond acceptors (Lipinski definition) is 4. The lowest BCUT2D eigenvalue weighted by molar-refractivity contribution is 0.0954. The Balaban J connectivity index is 1.78. The van der Waals surface area contributed by atoms with Crippen molar-refractivity contribution in [2.75, 3.05) is 16.6 Å². The van der Waals surface area contributed by atoms with E-state index in [2.05, 4.69) is 15.4 Å². The van der Waals surface area contributed by atoms with Gasteiger partial charge in [0.15, 0.2) is 0 Å². The van der Waals surface area contributed by atoms with E-state index in [9.17, 15) is 22.4 Å². The summed E-state index contributed by atoms with van der Waals surface area (Å²) in [5.41, 5.74) is 0.433. The van der Waals surface area contributed by atoms with Gasteiger partial charge in [-0.25, -0.2) is 12.8 Å². The van der Waals surface area contributed by atoms with Crippen LogP contribution in [0.1, 0.15) is 34.1 Å². The van der Waals surface area contributed by atoms with E-state index in [-0.39, 0.29) is 33.3 Å². The Morgan fingerprint density at radius 2 is 1.64 bits per heavy atom. The first-order valence-corrected chi connectivity index (χ1v) is 11.8. The summed E-state index contributed by atoms with van der Waals surface area (Å²) in [6.45, 7) is 2.40. The van der Waals surface area contributed by atoms with Crippen LogP contribution in [-0.4, -0.2) is 26.8 Å². The lowest BCUT2D eigenvalue weighted by Crippen LogP contribution is -2.25. The molecule has 33 heavy (non-hydrogen) atoms. The third kappa shape index (κ3) is 6.09. The second kappa shape index (κ2) is 10.5. The van der Waals surface area contributed by atoms with Gasteiger partial charge < -0.3 is 10.6 Å². The molecular weight excluding hydrogens is 469 g/mol. The summed E-state index contributed by atoms with van der Waals surface area (Å²) in [5, 5.41) is 5.70. The average molecular weight is 490 g/mol. The molecule has 0 spiro atoms. The number of nitrogens with one attached hydrogen (secondary N) is 3. The fourth-order valence-electron chi connectivity index (χ4n) is 2.88. The first kappa shape index (κ1) is 24.2. The summed E-state index contributed by atoms with van der Waals surface area (Å²) in [4.78, 5) is 24.9. The normalized spacial score (nSPS) is 11.0. The van der Waals surface area contributed by atoms with E-state index in [0.29, 0.717) is 11.6 Å². The highest BCUT2D eigenvalue weighted by Crippen LogP contribution is 2.23. The maximum absolute atomic E-state index is 13.8. The molecule has 0 unspecified atom stereocenters. The molecular formula is C23H21ClFN3O4S. The van der Waals surface area contributed by atoms with Crippen molar-refractivity contribution in [2.24, 2.45) is 0 Å². The third-order valence-electron chi connectivity index (χ3n) is 4.55. The van der Waals surface area contributed by atoms with E-state index in [0.717, 1.165) is 12.5 Å². The summed E-state index contributed by atoms with van der Waals surface area (Å²) < 4.78 is 41.0. The highest BCUT2D eigenvalue weighted by molar-refractivity contribution is 7.92. The number of anilines is 2. The fraction of sp³-hybridized carbons (Fsp3) is 0.130. The number of halogens is 2. The van der Waals surface area contributed by atoms with Gasteiger partial charge in [-0.1, -0.05) is 30.7 Å². The lowest BCUT2D eigenvalue weighted by atomic mass is 10.1. The molecule has 7 nitrogen and oxygen atoms in total.